The highest BCUT2D eigenvalue weighted by Gasteiger charge is 2.38. The first-order valence-electron chi connectivity index (χ1n) is 6.86. The number of hydrogen-bond acceptors (Lipinski definition) is 5. The molecule has 12 heteroatoms. The van der Waals surface area contributed by atoms with Crippen LogP contribution in [0.1, 0.15) is 22.7 Å². The van der Waals surface area contributed by atoms with Gasteiger partial charge in [0.25, 0.3) is 0 Å². The van der Waals surface area contributed by atoms with Crippen LogP contribution in [-0.2, 0) is 10.9 Å². The molecule has 0 saturated carbocycles. The highest BCUT2D eigenvalue weighted by atomic mass is 19.4. The third-order valence-electron chi connectivity index (χ3n) is 2.96. The second-order valence-electron chi connectivity index (χ2n) is 4.96. The molecule has 0 saturated heterocycles. The summed E-state index contributed by atoms with van der Waals surface area (Å²) in [6.07, 6.45) is -10.6. The van der Waals surface area contributed by atoms with Crippen LogP contribution in [0.3, 0.4) is 0 Å². The van der Waals surface area contributed by atoms with E-state index in [1.54, 1.807) is 0 Å². The number of benzene rings is 1. The van der Waals surface area contributed by atoms with Gasteiger partial charge in [0.2, 0.25) is 5.82 Å². The average molecular weight is 386 g/mol. The zero-order chi connectivity index (χ0) is 19.5. The summed E-state index contributed by atoms with van der Waals surface area (Å²) in [4.78, 5) is 14.8. The maximum Gasteiger partial charge on any atom is 0.471 e. The molecule has 0 radical (unpaired) electrons. The Kier molecular flexibility index (Phi) is 5.64. The molecule has 0 fully saturated rings. The van der Waals surface area contributed by atoms with Crippen molar-refractivity contribution in [3.8, 4) is 11.4 Å². The number of ether oxygens (including phenoxy) is 1. The van der Waals surface area contributed by atoms with Crippen LogP contribution < -0.4 is 0 Å². The molecular weight excluding hydrogens is 377 g/mol. The molecule has 1 heterocycles. The van der Waals surface area contributed by atoms with Gasteiger partial charge in [-0.15, -0.1) is 0 Å². The Labute approximate surface area is 140 Å². The Morgan fingerprint density at radius 2 is 1.85 bits per heavy atom. The van der Waals surface area contributed by atoms with Crippen molar-refractivity contribution in [2.75, 3.05) is 13.2 Å². The van der Waals surface area contributed by atoms with Crippen molar-refractivity contribution >= 4 is 5.78 Å². The number of hydrogen-bond donors (Lipinski definition) is 0. The standard InChI is InChI=1S/C14H9F7N2O3/c15-9-5-7(11-22-12(26-23-11)14(19,20)21)1-2-8(9)10(24)6-25-4-3-13(16,17)18/h1-2,5H,3-4,6H2. The van der Waals surface area contributed by atoms with E-state index in [1.807, 2.05) is 0 Å². The highest BCUT2D eigenvalue weighted by molar-refractivity contribution is 5.97. The van der Waals surface area contributed by atoms with Gasteiger partial charge in [-0.25, -0.2) is 4.39 Å². The molecule has 1 aromatic carbocycles. The van der Waals surface area contributed by atoms with Crippen molar-refractivity contribution in [3.63, 3.8) is 0 Å². The van der Waals surface area contributed by atoms with Gasteiger partial charge in [-0.05, 0) is 12.1 Å². The van der Waals surface area contributed by atoms with Gasteiger partial charge in [0, 0.05) is 5.56 Å². The normalized spacial score (nSPS) is 12.4. The molecule has 0 aliphatic rings. The Morgan fingerprint density at radius 1 is 1.15 bits per heavy atom. The zero-order valence-corrected chi connectivity index (χ0v) is 12.6. The molecule has 2 aromatic rings. The molecule has 0 atom stereocenters. The molecule has 0 amide bonds. The van der Waals surface area contributed by atoms with Crippen molar-refractivity contribution < 1.29 is 44.8 Å². The van der Waals surface area contributed by atoms with Gasteiger partial charge in [-0.1, -0.05) is 11.2 Å². The minimum atomic E-state index is -4.87. The summed E-state index contributed by atoms with van der Waals surface area (Å²) < 4.78 is 95.5. The molecule has 0 spiro atoms. The van der Waals surface area contributed by atoms with Gasteiger partial charge < -0.3 is 9.26 Å². The van der Waals surface area contributed by atoms with Crippen LogP contribution in [0.25, 0.3) is 11.4 Å². The van der Waals surface area contributed by atoms with E-state index in [4.69, 9.17) is 0 Å². The Morgan fingerprint density at radius 3 is 2.38 bits per heavy atom. The van der Waals surface area contributed by atoms with Crippen LogP contribution in [0.2, 0.25) is 0 Å². The number of aromatic nitrogens is 2. The molecular formula is C14H9F7N2O3. The molecule has 2 rings (SSSR count). The molecule has 0 bridgehead atoms. The fraction of sp³-hybridized carbons (Fsp3) is 0.357. The summed E-state index contributed by atoms with van der Waals surface area (Å²) in [5, 5.41) is 3.06. The lowest BCUT2D eigenvalue weighted by atomic mass is 10.1. The maximum atomic E-state index is 14.0. The molecule has 0 unspecified atom stereocenters. The Hall–Kier alpha value is -2.50. The molecule has 5 nitrogen and oxygen atoms in total. The van der Waals surface area contributed by atoms with Crippen molar-refractivity contribution in [1.29, 1.82) is 0 Å². The molecule has 1 aromatic heterocycles. The summed E-state index contributed by atoms with van der Waals surface area (Å²) in [7, 11) is 0. The first-order valence-corrected chi connectivity index (χ1v) is 6.86. The minimum absolute atomic E-state index is 0.184. The van der Waals surface area contributed by atoms with Gasteiger partial charge in [0.15, 0.2) is 5.78 Å². The number of ketones is 1. The quantitative estimate of drug-likeness (QED) is 0.426. The van der Waals surface area contributed by atoms with Crippen molar-refractivity contribution in [1.82, 2.24) is 10.1 Å². The first kappa shape index (κ1) is 19.8. The lowest BCUT2D eigenvalue weighted by molar-refractivity contribution is -0.159. The van der Waals surface area contributed by atoms with E-state index in [2.05, 4.69) is 19.4 Å². The monoisotopic (exact) mass is 386 g/mol. The fourth-order valence-corrected chi connectivity index (χ4v) is 1.77. The summed E-state index contributed by atoms with van der Waals surface area (Å²) in [5.74, 6) is -4.21. The number of rotatable bonds is 6. The van der Waals surface area contributed by atoms with Gasteiger partial charge in [-0.3, -0.25) is 4.79 Å². The predicted octanol–water partition coefficient (Wildman–Crippen LogP) is 4.05. The van der Waals surface area contributed by atoms with Crippen molar-refractivity contribution in [2.24, 2.45) is 0 Å². The third-order valence-corrected chi connectivity index (χ3v) is 2.96. The molecule has 142 valence electrons. The van der Waals surface area contributed by atoms with E-state index in [0.29, 0.717) is 6.07 Å². The highest BCUT2D eigenvalue weighted by Crippen LogP contribution is 2.29. The number of alkyl halides is 6. The number of carbonyl (C=O) groups is 1. The predicted molar refractivity (Wildman–Crippen MR) is 70.5 cm³/mol. The SMILES string of the molecule is O=C(COCCC(F)(F)F)c1ccc(-c2noc(C(F)(F)F)n2)cc1F. The maximum absolute atomic E-state index is 14.0. The van der Waals surface area contributed by atoms with Crippen LogP contribution in [0.15, 0.2) is 22.7 Å². The Balaban J connectivity index is 2.05. The van der Waals surface area contributed by atoms with Crippen molar-refractivity contribution in [3.05, 3.63) is 35.5 Å². The molecule has 0 aliphatic carbocycles. The largest absolute Gasteiger partial charge is 0.471 e. The summed E-state index contributed by atoms with van der Waals surface area (Å²) in [6.45, 7) is -1.55. The molecule has 0 aliphatic heterocycles. The third kappa shape index (κ3) is 5.25. The van der Waals surface area contributed by atoms with Gasteiger partial charge >= 0.3 is 18.2 Å². The second-order valence-corrected chi connectivity index (χ2v) is 4.96. The molecule has 0 N–H and O–H groups in total. The smallest absolute Gasteiger partial charge is 0.373 e. The summed E-state index contributed by atoms with van der Waals surface area (Å²) >= 11 is 0. The van der Waals surface area contributed by atoms with E-state index in [9.17, 15) is 35.5 Å². The Bertz CT molecular complexity index is 784. The van der Waals surface area contributed by atoms with Crippen LogP contribution >= 0.6 is 0 Å². The minimum Gasteiger partial charge on any atom is -0.373 e. The second kappa shape index (κ2) is 7.40. The van der Waals surface area contributed by atoms with Crippen molar-refractivity contribution in [2.45, 2.75) is 18.8 Å². The van der Waals surface area contributed by atoms with E-state index < -0.39 is 60.9 Å². The number of nitrogens with zero attached hydrogens (tertiary/aromatic N) is 2. The number of carbonyl (C=O) groups excluding carboxylic acids is 1. The lowest BCUT2D eigenvalue weighted by Crippen LogP contribution is -2.16. The van der Waals surface area contributed by atoms with Gasteiger partial charge in [0.1, 0.15) is 12.4 Å². The van der Waals surface area contributed by atoms with E-state index in [-0.39, 0.29) is 5.56 Å². The summed E-state index contributed by atoms with van der Waals surface area (Å²) in [5.41, 5.74) is -0.684. The van der Waals surface area contributed by atoms with Crippen LogP contribution in [-0.4, -0.2) is 35.3 Å². The van der Waals surface area contributed by atoms with E-state index in [0.717, 1.165) is 12.1 Å². The fourth-order valence-electron chi connectivity index (χ4n) is 1.77. The van der Waals surface area contributed by atoms with Crippen LogP contribution in [0.5, 0.6) is 0 Å². The van der Waals surface area contributed by atoms with Crippen LogP contribution in [0, 0.1) is 5.82 Å². The zero-order valence-electron chi connectivity index (χ0n) is 12.6. The first-order chi connectivity index (χ1) is 12.0. The topological polar surface area (TPSA) is 65.2 Å². The number of halogens is 7. The lowest BCUT2D eigenvalue weighted by Gasteiger charge is -2.07. The summed E-state index contributed by atoms with van der Waals surface area (Å²) in [6, 6.07) is 2.70. The molecule has 26 heavy (non-hydrogen) atoms. The number of Topliss-reactive ketones (excluding diaryl/α,β-unsaturated/α-hetero) is 1. The van der Waals surface area contributed by atoms with E-state index >= 15 is 0 Å². The van der Waals surface area contributed by atoms with Gasteiger partial charge in [-0.2, -0.15) is 31.3 Å². The van der Waals surface area contributed by atoms with Crippen LogP contribution in [0.4, 0.5) is 30.7 Å². The average Bonchev–Trinajstić information content (AvgIpc) is 3.00. The van der Waals surface area contributed by atoms with E-state index in [1.165, 1.54) is 0 Å². The van der Waals surface area contributed by atoms with Gasteiger partial charge in [0.05, 0.1) is 18.6 Å².